The number of carbonyl (C=O) groups excluding carboxylic acids is 1. The second-order valence-electron chi connectivity index (χ2n) is 6.89. The van der Waals surface area contributed by atoms with Crippen molar-refractivity contribution in [2.75, 3.05) is 18.8 Å². The standard InChI is InChI=1S/C19H30N2O3S/c1-5-18(17-8-7-14(3)15(4)13-17)20-19(22)16-9-11-21(12-10-16)25(23,24)6-2/h7-8,13,16,18H,5-6,9-12H2,1-4H3,(H,20,22)/t18-/m1/s1. The van der Waals surface area contributed by atoms with Gasteiger partial charge in [0.15, 0.2) is 0 Å². The van der Waals surface area contributed by atoms with Gasteiger partial charge in [0.1, 0.15) is 0 Å². The molecule has 1 aromatic rings. The van der Waals surface area contributed by atoms with Gasteiger partial charge in [0.05, 0.1) is 11.8 Å². The Morgan fingerprint density at radius 1 is 1.20 bits per heavy atom. The number of benzene rings is 1. The van der Waals surface area contributed by atoms with E-state index in [1.54, 1.807) is 6.92 Å². The third kappa shape index (κ3) is 4.82. The summed E-state index contributed by atoms with van der Waals surface area (Å²) < 4.78 is 25.4. The normalized spacial score (nSPS) is 18.1. The number of rotatable bonds is 6. The molecule has 1 N–H and O–H groups in total. The van der Waals surface area contributed by atoms with Crippen molar-refractivity contribution in [2.45, 2.75) is 53.0 Å². The minimum Gasteiger partial charge on any atom is -0.349 e. The fourth-order valence-corrected chi connectivity index (χ4v) is 4.40. The highest BCUT2D eigenvalue weighted by molar-refractivity contribution is 7.89. The van der Waals surface area contributed by atoms with E-state index in [9.17, 15) is 13.2 Å². The smallest absolute Gasteiger partial charge is 0.223 e. The maximum Gasteiger partial charge on any atom is 0.223 e. The average Bonchev–Trinajstić information content (AvgIpc) is 2.62. The maximum absolute atomic E-state index is 12.6. The molecule has 1 heterocycles. The first-order chi connectivity index (χ1) is 11.8. The van der Waals surface area contributed by atoms with Crippen LogP contribution in [-0.2, 0) is 14.8 Å². The van der Waals surface area contributed by atoms with Crippen molar-refractivity contribution in [3.8, 4) is 0 Å². The van der Waals surface area contributed by atoms with Crippen LogP contribution in [0.2, 0.25) is 0 Å². The number of carbonyl (C=O) groups is 1. The van der Waals surface area contributed by atoms with E-state index in [1.807, 2.05) is 0 Å². The first-order valence-electron chi connectivity index (χ1n) is 9.13. The predicted molar refractivity (Wildman–Crippen MR) is 101 cm³/mol. The minimum atomic E-state index is -3.15. The maximum atomic E-state index is 12.6. The van der Waals surface area contributed by atoms with Crippen molar-refractivity contribution in [1.29, 1.82) is 0 Å². The zero-order valence-corrected chi connectivity index (χ0v) is 16.5. The molecular weight excluding hydrogens is 336 g/mol. The number of hydrogen-bond acceptors (Lipinski definition) is 3. The lowest BCUT2D eigenvalue weighted by Crippen LogP contribution is -2.44. The van der Waals surface area contributed by atoms with E-state index in [4.69, 9.17) is 0 Å². The summed E-state index contributed by atoms with van der Waals surface area (Å²) in [5.41, 5.74) is 3.60. The van der Waals surface area contributed by atoms with Crippen LogP contribution in [0.15, 0.2) is 18.2 Å². The Balaban J connectivity index is 1.98. The molecule has 0 saturated carbocycles. The molecule has 1 fully saturated rings. The van der Waals surface area contributed by atoms with E-state index in [-0.39, 0.29) is 23.6 Å². The van der Waals surface area contributed by atoms with E-state index in [0.717, 1.165) is 12.0 Å². The molecule has 6 heteroatoms. The summed E-state index contributed by atoms with van der Waals surface area (Å²) in [5, 5.41) is 3.16. The molecule has 1 atom stereocenters. The predicted octanol–water partition coefficient (Wildman–Crippen LogP) is 2.93. The molecule has 25 heavy (non-hydrogen) atoms. The first-order valence-corrected chi connectivity index (χ1v) is 10.7. The summed E-state index contributed by atoms with van der Waals surface area (Å²) in [5.74, 6) is 0.0525. The Bertz CT molecular complexity index is 707. The van der Waals surface area contributed by atoms with Crippen molar-refractivity contribution in [3.05, 3.63) is 34.9 Å². The van der Waals surface area contributed by atoms with E-state index >= 15 is 0 Å². The number of sulfonamides is 1. The highest BCUT2D eigenvalue weighted by Gasteiger charge is 2.30. The van der Waals surface area contributed by atoms with Gasteiger partial charge in [-0.15, -0.1) is 0 Å². The molecule has 1 amide bonds. The van der Waals surface area contributed by atoms with Crippen molar-refractivity contribution in [2.24, 2.45) is 5.92 Å². The second-order valence-corrected chi connectivity index (χ2v) is 9.14. The Labute approximate surface area is 151 Å². The number of nitrogens with one attached hydrogen (secondary N) is 1. The summed E-state index contributed by atoms with van der Waals surface area (Å²) in [7, 11) is -3.15. The molecule has 0 radical (unpaired) electrons. The van der Waals surface area contributed by atoms with Crippen LogP contribution in [0, 0.1) is 19.8 Å². The molecule has 1 saturated heterocycles. The monoisotopic (exact) mass is 366 g/mol. The molecule has 1 aliphatic rings. The average molecular weight is 367 g/mol. The van der Waals surface area contributed by atoms with Gasteiger partial charge in [-0.05, 0) is 56.7 Å². The summed E-state index contributed by atoms with van der Waals surface area (Å²) in [4.78, 5) is 12.6. The molecule has 140 valence electrons. The largest absolute Gasteiger partial charge is 0.349 e. The molecule has 0 unspecified atom stereocenters. The van der Waals surface area contributed by atoms with Crippen LogP contribution in [0.25, 0.3) is 0 Å². The fraction of sp³-hybridized carbons (Fsp3) is 0.632. The van der Waals surface area contributed by atoms with Gasteiger partial charge in [-0.3, -0.25) is 4.79 Å². The van der Waals surface area contributed by atoms with Crippen LogP contribution in [0.5, 0.6) is 0 Å². The van der Waals surface area contributed by atoms with Gasteiger partial charge < -0.3 is 5.32 Å². The summed E-state index contributed by atoms with van der Waals surface area (Å²) in [6.07, 6.45) is 2.01. The number of aryl methyl sites for hydroxylation is 2. The lowest BCUT2D eigenvalue weighted by atomic mass is 9.95. The van der Waals surface area contributed by atoms with Gasteiger partial charge in [-0.1, -0.05) is 25.1 Å². The number of nitrogens with zero attached hydrogens (tertiary/aromatic N) is 1. The van der Waals surface area contributed by atoms with Gasteiger partial charge in [0, 0.05) is 19.0 Å². The molecule has 1 aliphatic heterocycles. The van der Waals surface area contributed by atoms with Gasteiger partial charge in [0.2, 0.25) is 15.9 Å². The summed E-state index contributed by atoms with van der Waals surface area (Å²) in [6, 6.07) is 6.31. The number of amides is 1. The molecule has 0 aromatic heterocycles. The van der Waals surface area contributed by atoms with Crippen molar-refractivity contribution in [1.82, 2.24) is 9.62 Å². The molecular formula is C19H30N2O3S. The van der Waals surface area contributed by atoms with E-state index < -0.39 is 10.0 Å². The second kappa shape index (κ2) is 8.32. The van der Waals surface area contributed by atoms with E-state index in [0.29, 0.717) is 25.9 Å². The number of piperidine rings is 1. The van der Waals surface area contributed by atoms with Gasteiger partial charge in [-0.2, -0.15) is 0 Å². The zero-order valence-electron chi connectivity index (χ0n) is 15.7. The molecule has 0 aliphatic carbocycles. The molecule has 2 rings (SSSR count). The van der Waals surface area contributed by atoms with Crippen molar-refractivity contribution >= 4 is 15.9 Å². The molecule has 1 aromatic carbocycles. The quantitative estimate of drug-likeness (QED) is 0.842. The Kier molecular flexibility index (Phi) is 6.63. The lowest BCUT2D eigenvalue weighted by molar-refractivity contribution is -0.126. The third-order valence-electron chi connectivity index (χ3n) is 5.24. The van der Waals surface area contributed by atoms with Crippen LogP contribution in [0.4, 0.5) is 0 Å². The lowest BCUT2D eigenvalue weighted by Gasteiger charge is -2.31. The van der Waals surface area contributed by atoms with Crippen LogP contribution < -0.4 is 5.32 Å². The van der Waals surface area contributed by atoms with Crippen molar-refractivity contribution < 1.29 is 13.2 Å². The van der Waals surface area contributed by atoms with Crippen LogP contribution in [0.1, 0.15) is 55.8 Å². The van der Waals surface area contributed by atoms with Crippen molar-refractivity contribution in [3.63, 3.8) is 0 Å². The van der Waals surface area contributed by atoms with Crippen LogP contribution >= 0.6 is 0 Å². The highest BCUT2D eigenvalue weighted by Crippen LogP contribution is 2.24. The topological polar surface area (TPSA) is 66.5 Å². The Hall–Kier alpha value is -1.40. The SMILES string of the molecule is CC[C@@H](NC(=O)C1CCN(S(=O)(=O)CC)CC1)c1ccc(C)c(C)c1. The van der Waals surface area contributed by atoms with Gasteiger partial charge >= 0.3 is 0 Å². The van der Waals surface area contributed by atoms with Gasteiger partial charge in [0.25, 0.3) is 0 Å². The summed E-state index contributed by atoms with van der Waals surface area (Å²) in [6.45, 7) is 8.76. The fourth-order valence-electron chi connectivity index (χ4n) is 3.27. The Morgan fingerprint density at radius 2 is 1.84 bits per heavy atom. The number of hydrogen-bond donors (Lipinski definition) is 1. The van der Waals surface area contributed by atoms with E-state index in [1.165, 1.54) is 15.4 Å². The third-order valence-corrected chi connectivity index (χ3v) is 7.12. The molecule has 0 bridgehead atoms. The molecule has 5 nitrogen and oxygen atoms in total. The van der Waals surface area contributed by atoms with Crippen LogP contribution in [0.3, 0.4) is 0 Å². The summed E-state index contributed by atoms with van der Waals surface area (Å²) >= 11 is 0. The highest BCUT2D eigenvalue weighted by atomic mass is 32.2. The van der Waals surface area contributed by atoms with Crippen LogP contribution in [-0.4, -0.2) is 37.5 Å². The zero-order chi connectivity index (χ0) is 18.6. The molecule has 0 spiro atoms. The Morgan fingerprint density at radius 3 is 2.36 bits per heavy atom. The minimum absolute atomic E-state index is 0.00389. The first kappa shape index (κ1) is 19.9. The van der Waals surface area contributed by atoms with Gasteiger partial charge in [-0.25, -0.2) is 12.7 Å². The van der Waals surface area contributed by atoms with E-state index in [2.05, 4.69) is 44.3 Å².